The van der Waals surface area contributed by atoms with E-state index in [0.29, 0.717) is 25.1 Å². The Labute approximate surface area is 224 Å². The molecule has 1 heterocycles. The van der Waals surface area contributed by atoms with Gasteiger partial charge in [0.2, 0.25) is 17.7 Å². The maximum Gasteiger partial charge on any atom is 0.330 e. The lowest BCUT2D eigenvalue weighted by atomic mass is 9.94. The molecule has 208 valence electrons. The predicted octanol–water partition coefficient (Wildman–Crippen LogP) is 0.0471. The van der Waals surface area contributed by atoms with E-state index in [-0.39, 0.29) is 35.9 Å². The lowest BCUT2D eigenvalue weighted by Crippen LogP contribution is -2.59. The molecule has 0 aromatic carbocycles. The fraction of sp³-hybridized carbons (Fsp3) is 0.640. The summed E-state index contributed by atoms with van der Waals surface area (Å²) in [5.74, 6) is -2.41. The Bertz CT molecular complexity index is 876. The number of hydrogen-bond donors (Lipinski definition) is 6. The molecule has 0 saturated carbocycles. The maximum atomic E-state index is 13.4. The average molecular weight is 540 g/mol. The van der Waals surface area contributed by atoms with E-state index >= 15 is 0 Å². The van der Waals surface area contributed by atoms with Crippen LogP contribution < -0.4 is 26.6 Å². The predicted molar refractivity (Wildman–Crippen MR) is 144 cm³/mol. The summed E-state index contributed by atoms with van der Waals surface area (Å²) in [5.41, 5.74) is 0.441. The summed E-state index contributed by atoms with van der Waals surface area (Å²) in [7, 11) is 0. The Balaban J connectivity index is 3.13. The van der Waals surface area contributed by atoms with E-state index in [0.717, 1.165) is 0 Å². The molecule has 1 saturated heterocycles. The highest BCUT2D eigenvalue weighted by Gasteiger charge is 2.33. The van der Waals surface area contributed by atoms with Crippen molar-refractivity contribution in [2.24, 2.45) is 11.8 Å². The van der Waals surface area contributed by atoms with Crippen molar-refractivity contribution in [3.8, 4) is 0 Å². The molecular formula is C25H41N5O6S. The molecule has 0 aromatic rings. The fourth-order valence-corrected chi connectivity index (χ4v) is 3.93. The van der Waals surface area contributed by atoms with Crippen molar-refractivity contribution in [1.29, 1.82) is 0 Å². The minimum atomic E-state index is -1.14. The van der Waals surface area contributed by atoms with Gasteiger partial charge in [-0.2, -0.15) is 0 Å². The van der Waals surface area contributed by atoms with Crippen molar-refractivity contribution in [1.82, 2.24) is 26.6 Å². The van der Waals surface area contributed by atoms with Gasteiger partial charge in [0.25, 0.3) is 0 Å². The molecule has 1 aliphatic heterocycles. The second-order valence-electron chi connectivity index (χ2n) is 9.13. The molecule has 1 unspecified atom stereocenters. The number of aliphatic hydroxyl groups excluding tert-OH is 1. The van der Waals surface area contributed by atoms with E-state index in [1.54, 1.807) is 6.92 Å². The van der Waals surface area contributed by atoms with Gasteiger partial charge in [-0.05, 0) is 57.3 Å². The summed E-state index contributed by atoms with van der Waals surface area (Å²) >= 11 is 5.14. The van der Waals surface area contributed by atoms with Crippen molar-refractivity contribution in [2.45, 2.75) is 71.7 Å². The number of hydrogen-bond acceptors (Lipinski definition) is 7. The molecular weight excluding hydrogens is 498 g/mol. The van der Waals surface area contributed by atoms with Gasteiger partial charge in [-0.25, -0.2) is 4.79 Å². The lowest BCUT2D eigenvalue weighted by Gasteiger charge is -2.29. The quantitative estimate of drug-likeness (QED) is 0.0776. The molecule has 0 aliphatic carbocycles. The summed E-state index contributed by atoms with van der Waals surface area (Å²) in [5, 5.41) is 24.2. The number of aliphatic hydroxyl groups is 1. The minimum absolute atomic E-state index is 0.122. The first-order valence-corrected chi connectivity index (χ1v) is 13.0. The maximum absolute atomic E-state index is 13.4. The molecule has 1 aliphatic rings. The van der Waals surface area contributed by atoms with E-state index in [1.807, 2.05) is 20.8 Å². The van der Waals surface area contributed by atoms with E-state index in [4.69, 9.17) is 17.0 Å². The summed E-state index contributed by atoms with van der Waals surface area (Å²) in [6.07, 6.45) is 2.44. The molecule has 6 N–H and O–H groups in total. The average Bonchev–Trinajstić information content (AvgIpc) is 3.22. The number of thiocarbonyl (C=S) groups is 1. The van der Waals surface area contributed by atoms with Crippen LogP contribution in [0.2, 0.25) is 0 Å². The first kappa shape index (κ1) is 32.0. The van der Waals surface area contributed by atoms with Gasteiger partial charge >= 0.3 is 5.97 Å². The second kappa shape index (κ2) is 16.0. The van der Waals surface area contributed by atoms with Crippen LogP contribution >= 0.6 is 12.2 Å². The van der Waals surface area contributed by atoms with Gasteiger partial charge in [-0.15, -0.1) is 0 Å². The molecule has 0 radical (unpaired) electrons. The van der Waals surface area contributed by atoms with Gasteiger partial charge in [0.05, 0.1) is 12.7 Å². The second-order valence-corrected chi connectivity index (χ2v) is 9.54. The SMILES string of the molecule is C=C(C(C)C)[C@H](NC(=O)[C@@H](NC(=S)NCC)C(C)O)C(=O)N[C@H](/C=C/C(=O)OCC)C[C@@H]1CCNC1=O. The smallest absolute Gasteiger partial charge is 0.330 e. The van der Waals surface area contributed by atoms with Crippen LogP contribution in [0.1, 0.15) is 47.5 Å². The molecule has 1 rings (SSSR count). The van der Waals surface area contributed by atoms with Gasteiger partial charge in [0, 0.05) is 31.1 Å². The normalized spacial score (nSPS) is 18.4. The van der Waals surface area contributed by atoms with Crippen LogP contribution in [-0.2, 0) is 23.9 Å². The molecule has 5 atom stereocenters. The third-order valence-electron chi connectivity index (χ3n) is 5.83. The summed E-state index contributed by atoms with van der Waals surface area (Å²) in [4.78, 5) is 50.5. The zero-order valence-corrected chi connectivity index (χ0v) is 23.1. The highest BCUT2D eigenvalue weighted by molar-refractivity contribution is 7.80. The van der Waals surface area contributed by atoms with E-state index in [2.05, 4.69) is 33.2 Å². The highest BCUT2D eigenvalue weighted by atomic mass is 32.1. The first-order chi connectivity index (χ1) is 17.4. The summed E-state index contributed by atoms with van der Waals surface area (Å²) in [6, 6.07) is -2.94. The zero-order chi connectivity index (χ0) is 28.1. The number of amides is 3. The molecule has 37 heavy (non-hydrogen) atoms. The van der Waals surface area contributed by atoms with Crippen LogP contribution in [-0.4, -0.2) is 77.8 Å². The van der Waals surface area contributed by atoms with Crippen LogP contribution in [0.3, 0.4) is 0 Å². The van der Waals surface area contributed by atoms with Gasteiger partial charge < -0.3 is 36.4 Å². The lowest BCUT2D eigenvalue weighted by molar-refractivity contribution is -0.137. The monoisotopic (exact) mass is 539 g/mol. The third-order valence-corrected chi connectivity index (χ3v) is 6.09. The Morgan fingerprint density at radius 1 is 1.19 bits per heavy atom. The van der Waals surface area contributed by atoms with Crippen molar-refractivity contribution in [3.63, 3.8) is 0 Å². The molecule has 0 spiro atoms. The minimum Gasteiger partial charge on any atom is -0.463 e. The Kier molecular flexibility index (Phi) is 13.8. The molecule has 11 nitrogen and oxygen atoms in total. The van der Waals surface area contributed by atoms with Crippen LogP contribution in [0.25, 0.3) is 0 Å². The van der Waals surface area contributed by atoms with E-state index in [1.165, 1.54) is 19.1 Å². The highest BCUT2D eigenvalue weighted by Crippen LogP contribution is 2.18. The van der Waals surface area contributed by atoms with Crippen molar-refractivity contribution in [3.05, 3.63) is 24.3 Å². The van der Waals surface area contributed by atoms with Gasteiger partial charge in [0.1, 0.15) is 12.1 Å². The number of ether oxygens (including phenoxy) is 1. The summed E-state index contributed by atoms with van der Waals surface area (Å²) in [6.45, 7) is 13.9. The van der Waals surface area contributed by atoms with Crippen LogP contribution in [0.15, 0.2) is 24.3 Å². The summed E-state index contributed by atoms with van der Waals surface area (Å²) < 4.78 is 4.92. The Morgan fingerprint density at radius 3 is 2.38 bits per heavy atom. The van der Waals surface area contributed by atoms with Gasteiger partial charge in [0.15, 0.2) is 5.11 Å². The van der Waals surface area contributed by atoms with Crippen molar-refractivity contribution >= 4 is 41.0 Å². The van der Waals surface area contributed by atoms with Crippen molar-refractivity contribution < 1.29 is 29.0 Å². The van der Waals surface area contributed by atoms with Gasteiger partial charge in [-0.1, -0.05) is 26.5 Å². The molecule has 0 bridgehead atoms. The topological polar surface area (TPSA) is 158 Å². The number of carbonyl (C=O) groups excluding carboxylic acids is 4. The number of nitrogens with one attached hydrogen (secondary N) is 5. The number of esters is 1. The number of rotatable bonds is 14. The Hall–Kier alpha value is -2.99. The molecule has 1 fully saturated rings. The third kappa shape index (κ3) is 10.9. The standard InChI is InChI=1S/C25H41N5O6S/c1-7-26-25(37)30-21(16(6)31)24(35)29-20(15(5)14(3)4)23(34)28-18(9-10-19(32)36-8-2)13-17-11-12-27-22(17)33/h9-10,14,16-18,20-21,31H,5,7-8,11-13H2,1-4,6H3,(H,27,33)(H,28,34)(H,29,35)(H2,26,30,37)/b10-9+/t16?,17-,18+,20-,21-/m0/s1. The van der Waals surface area contributed by atoms with Crippen LogP contribution in [0, 0.1) is 11.8 Å². The van der Waals surface area contributed by atoms with Crippen LogP contribution in [0.5, 0.6) is 0 Å². The Morgan fingerprint density at radius 2 is 1.86 bits per heavy atom. The number of carbonyl (C=O) groups is 4. The van der Waals surface area contributed by atoms with E-state index in [9.17, 15) is 24.3 Å². The molecule has 3 amide bonds. The van der Waals surface area contributed by atoms with Crippen LogP contribution in [0.4, 0.5) is 0 Å². The fourth-order valence-electron chi connectivity index (χ4n) is 3.66. The molecule has 0 aromatic heterocycles. The zero-order valence-electron chi connectivity index (χ0n) is 22.3. The largest absolute Gasteiger partial charge is 0.463 e. The van der Waals surface area contributed by atoms with Crippen molar-refractivity contribution in [2.75, 3.05) is 19.7 Å². The van der Waals surface area contributed by atoms with Gasteiger partial charge in [-0.3, -0.25) is 14.4 Å². The molecule has 12 heteroatoms. The van der Waals surface area contributed by atoms with E-state index < -0.39 is 42.0 Å². The first-order valence-electron chi connectivity index (χ1n) is 12.6.